The number of aliphatic hydroxyl groups is 1. The fraction of sp³-hybridized carbons (Fsp3) is 0.452. The highest BCUT2D eigenvalue weighted by Gasteiger charge is 2.42. The van der Waals surface area contributed by atoms with E-state index >= 15 is 0 Å². The molecule has 3 atom stereocenters. The zero-order valence-corrected chi connectivity index (χ0v) is 23.4. The normalized spacial score (nSPS) is 18.2. The van der Waals surface area contributed by atoms with Crippen molar-refractivity contribution in [2.75, 3.05) is 6.54 Å². The van der Waals surface area contributed by atoms with Crippen LogP contribution in [0.25, 0.3) is 0 Å². The van der Waals surface area contributed by atoms with Gasteiger partial charge in [0, 0.05) is 18.5 Å². The number of carbonyl (C=O) groups is 5. The summed E-state index contributed by atoms with van der Waals surface area (Å²) in [5.74, 6) is -3.92. The van der Waals surface area contributed by atoms with Crippen molar-refractivity contribution in [2.24, 2.45) is 11.8 Å². The summed E-state index contributed by atoms with van der Waals surface area (Å²) >= 11 is 0. The summed E-state index contributed by atoms with van der Waals surface area (Å²) in [4.78, 5) is 65.5. The molecule has 41 heavy (non-hydrogen) atoms. The molecule has 2 aromatic rings. The lowest BCUT2D eigenvalue weighted by Crippen LogP contribution is -2.57. The Morgan fingerprint density at radius 1 is 0.902 bits per heavy atom. The van der Waals surface area contributed by atoms with Crippen molar-refractivity contribution in [1.29, 1.82) is 0 Å². The van der Waals surface area contributed by atoms with E-state index in [4.69, 9.17) is 0 Å². The van der Waals surface area contributed by atoms with E-state index in [0.717, 1.165) is 12.8 Å². The highest BCUT2D eigenvalue weighted by molar-refractivity contribution is 6.38. The van der Waals surface area contributed by atoms with Gasteiger partial charge >= 0.3 is 0 Å². The van der Waals surface area contributed by atoms with Gasteiger partial charge in [-0.05, 0) is 49.1 Å². The minimum atomic E-state index is -2.10. The molecule has 0 aromatic heterocycles. The summed E-state index contributed by atoms with van der Waals surface area (Å²) < 4.78 is 0. The van der Waals surface area contributed by atoms with Crippen molar-refractivity contribution < 1.29 is 29.1 Å². The van der Waals surface area contributed by atoms with Gasteiger partial charge in [-0.15, -0.1) is 0 Å². The van der Waals surface area contributed by atoms with Crippen molar-refractivity contribution >= 4 is 29.4 Å². The van der Waals surface area contributed by atoms with Gasteiger partial charge in [-0.3, -0.25) is 24.0 Å². The predicted molar refractivity (Wildman–Crippen MR) is 151 cm³/mol. The maximum Gasteiger partial charge on any atom is 0.289 e. The van der Waals surface area contributed by atoms with E-state index in [1.54, 1.807) is 60.7 Å². The molecular formula is C31H38N4O6. The molecule has 1 saturated heterocycles. The lowest BCUT2D eigenvalue weighted by atomic mass is 9.85. The molecule has 0 bridgehead atoms. The second-order valence-electron chi connectivity index (χ2n) is 11.3. The average molecular weight is 563 g/mol. The Morgan fingerprint density at radius 3 is 1.98 bits per heavy atom. The molecule has 10 nitrogen and oxygen atoms in total. The highest BCUT2D eigenvalue weighted by Crippen LogP contribution is 2.30. The van der Waals surface area contributed by atoms with Crippen molar-refractivity contribution in [3.63, 3.8) is 0 Å². The molecule has 0 radical (unpaired) electrons. The van der Waals surface area contributed by atoms with Crippen molar-refractivity contribution in [3.8, 4) is 0 Å². The van der Waals surface area contributed by atoms with Gasteiger partial charge in [0.1, 0.15) is 6.04 Å². The van der Waals surface area contributed by atoms with E-state index in [1.165, 1.54) is 0 Å². The Kier molecular flexibility index (Phi) is 9.54. The molecular weight excluding hydrogens is 524 g/mol. The van der Waals surface area contributed by atoms with Crippen molar-refractivity contribution in [3.05, 3.63) is 71.8 Å². The summed E-state index contributed by atoms with van der Waals surface area (Å²) in [6.45, 7) is 4.21. The molecule has 1 saturated carbocycles. The average Bonchev–Trinajstić information content (AvgIpc) is 3.70. The monoisotopic (exact) mass is 562 g/mol. The van der Waals surface area contributed by atoms with Crippen LogP contribution in [0, 0.1) is 11.8 Å². The molecule has 0 spiro atoms. The van der Waals surface area contributed by atoms with Crippen LogP contribution in [0.4, 0.5) is 0 Å². The van der Waals surface area contributed by atoms with E-state index in [1.807, 2.05) is 13.8 Å². The summed E-state index contributed by atoms with van der Waals surface area (Å²) in [6, 6.07) is 14.4. The summed E-state index contributed by atoms with van der Waals surface area (Å²) in [5.41, 5.74) is -1.45. The third kappa shape index (κ3) is 7.38. The van der Waals surface area contributed by atoms with Crippen molar-refractivity contribution in [2.45, 2.75) is 69.7 Å². The molecule has 1 heterocycles. The first-order chi connectivity index (χ1) is 19.6. The lowest BCUT2D eigenvalue weighted by molar-refractivity contribution is -0.142. The Balaban J connectivity index is 1.58. The Bertz CT molecular complexity index is 1220. The van der Waals surface area contributed by atoms with Crippen LogP contribution in [-0.4, -0.2) is 59.2 Å². The number of Topliss-reactive ketones (excluding diaryl/α,β-unsaturated/α-hetero) is 1. The second-order valence-corrected chi connectivity index (χ2v) is 11.3. The van der Waals surface area contributed by atoms with Gasteiger partial charge in [0.15, 0.2) is 5.60 Å². The van der Waals surface area contributed by atoms with E-state index in [-0.39, 0.29) is 30.7 Å². The first-order valence-corrected chi connectivity index (χ1v) is 14.2. The first-order valence-electron chi connectivity index (χ1n) is 14.2. The Morgan fingerprint density at radius 2 is 1.49 bits per heavy atom. The molecule has 2 aliphatic rings. The quantitative estimate of drug-likeness (QED) is 0.232. The number of hydrogen-bond acceptors (Lipinski definition) is 6. The van der Waals surface area contributed by atoms with E-state index in [2.05, 4.69) is 21.3 Å². The lowest BCUT2D eigenvalue weighted by Gasteiger charge is -2.31. The number of hydrogen-bond donors (Lipinski definition) is 5. The standard InChI is InChI=1S/C31H38N4O6/c1-19(2)17-25(35-30(40)31(41,21-9-5-3-6-10-21)22-11-7-4-8-12-22)28(38)34-24(18-20-15-16-32-27(20)37)26(36)29(39)33-23-13-14-23/h3-12,19-20,23-25,41H,13-18H2,1-2H3,(H,32,37)(H,33,39)(H,34,38)(H,35,40)/t20-,24-,25+/m1/s1. The topological polar surface area (TPSA) is 154 Å². The zero-order chi connectivity index (χ0) is 29.6. The second kappa shape index (κ2) is 13.1. The Hall–Kier alpha value is -4.05. The number of carbonyl (C=O) groups excluding carboxylic acids is 5. The van der Waals surface area contributed by atoms with Gasteiger partial charge in [0.05, 0.1) is 6.04 Å². The third-order valence-electron chi connectivity index (χ3n) is 7.49. The molecule has 2 aromatic carbocycles. The van der Waals surface area contributed by atoms with Gasteiger partial charge in [-0.25, -0.2) is 0 Å². The van der Waals surface area contributed by atoms with Crippen LogP contribution >= 0.6 is 0 Å². The van der Waals surface area contributed by atoms with Crippen LogP contribution in [0.2, 0.25) is 0 Å². The van der Waals surface area contributed by atoms with E-state index in [0.29, 0.717) is 24.1 Å². The number of amides is 4. The van der Waals surface area contributed by atoms with Crippen LogP contribution in [0.1, 0.15) is 57.1 Å². The van der Waals surface area contributed by atoms with Gasteiger partial charge < -0.3 is 26.4 Å². The van der Waals surface area contributed by atoms with E-state index < -0.39 is 47.1 Å². The zero-order valence-electron chi connectivity index (χ0n) is 23.4. The maximum atomic E-state index is 13.8. The summed E-state index contributed by atoms with van der Waals surface area (Å²) in [7, 11) is 0. The summed E-state index contributed by atoms with van der Waals surface area (Å²) in [5, 5.41) is 22.6. The van der Waals surface area contributed by atoms with Gasteiger partial charge in [-0.1, -0.05) is 74.5 Å². The van der Waals surface area contributed by atoms with Crippen LogP contribution < -0.4 is 21.3 Å². The molecule has 5 N–H and O–H groups in total. The van der Waals surface area contributed by atoms with Gasteiger partial charge in [-0.2, -0.15) is 0 Å². The van der Waals surface area contributed by atoms with Crippen LogP contribution in [0.3, 0.4) is 0 Å². The van der Waals surface area contributed by atoms with Crippen LogP contribution in [-0.2, 0) is 29.6 Å². The van der Waals surface area contributed by atoms with Crippen LogP contribution in [0.5, 0.6) is 0 Å². The molecule has 10 heteroatoms. The van der Waals surface area contributed by atoms with Gasteiger partial charge in [0.25, 0.3) is 11.8 Å². The third-order valence-corrected chi connectivity index (χ3v) is 7.49. The maximum absolute atomic E-state index is 13.8. The van der Waals surface area contributed by atoms with Gasteiger partial charge in [0.2, 0.25) is 17.6 Å². The molecule has 2 fully saturated rings. The molecule has 0 unspecified atom stereocenters. The fourth-order valence-corrected chi connectivity index (χ4v) is 5.05. The SMILES string of the molecule is CC(C)C[C@H](NC(=O)C(O)(c1ccccc1)c1ccccc1)C(=O)N[C@H](C[C@H]1CCNC1=O)C(=O)C(=O)NC1CC1. The Labute approximate surface area is 239 Å². The predicted octanol–water partition coefficient (Wildman–Crippen LogP) is 1.31. The smallest absolute Gasteiger partial charge is 0.289 e. The van der Waals surface area contributed by atoms with Crippen molar-refractivity contribution in [1.82, 2.24) is 21.3 Å². The minimum absolute atomic E-state index is 0.0329. The molecule has 4 amide bonds. The number of nitrogens with one attached hydrogen (secondary N) is 4. The molecule has 4 rings (SSSR count). The number of benzene rings is 2. The molecule has 1 aliphatic carbocycles. The largest absolute Gasteiger partial charge is 0.372 e. The minimum Gasteiger partial charge on any atom is -0.372 e. The first kappa shape index (κ1) is 29.9. The number of ketones is 1. The molecule has 218 valence electrons. The highest BCUT2D eigenvalue weighted by atomic mass is 16.3. The van der Waals surface area contributed by atoms with Crippen LogP contribution in [0.15, 0.2) is 60.7 Å². The summed E-state index contributed by atoms with van der Waals surface area (Å²) in [6.07, 6.45) is 2.23. The van der Waals surface area contributed by atoms with E-state index in [9.17, 15) is 29.1 Å². The fourth-order valence-electron chi connectivity index (χ4n) is 5.05. The molecule has 1 aliphatic heterocycles. The number of rotatable bonds is 13.